The topological polar surface area (TPSA) is 38.5 Å². The largest absolute Gasteiger partial charge is 0.374 e. The van der Waals surface area contributed by atoms with Crippen molar-refractivity contribution in [1.82, 2.24) is 4.90 Å². The molecule has 1 aromatic rings. The van der Waals surface area contributed by atoms with Gasteiger partial charge in [0.1, 0.15) is 11.6 Å². The summed E-state index contributed by atoms with van der Waals surface area (Å²) >= 11 is 0. The van der Waals surface area contributed by atoms with Crippen LogP contribution in [0.4, 0.5) is 8.78 Å². The summed E-state index contributed by atoms with van der Waals surface area (Å²) in [5.41, 5.74) is 6.32. The molecule has 5 heteroatoms. The van der Waals surface area contributed by atoms with Gasteiger partial charge in [0, 0.05) is 19.2 Å². The van der Waals surface area contributed by atoms with Crippen LogP contribution in [-0.2, 0) is 4.74 Å². The number of halogens is 2. The van der Waals surface area contributed by atoms with Gasteiger partial charge in [-0.05, 0) is 30.7 Å². The smallest absolute Gasteiger partial charge is 0.126 e. The zero-order valence-electron chi connectivity index (χ0n) is 11.1. The minimum absolute atomic E-state index is 0.177. The molecule has 0 aliphatic carbocycles. The van der Waals surface area contributed by atoms with Gasteiger partial charge in [0.15, 0.2) is 0 Å². The molecular formula is C14H20F2N2O. The number of nitrogens with two attached hydrogens (primary N) is 1. The van der Waals surface area contributed by atoms with Crippen molar-refractivity contribution in [3.8, 4) is 0 Å². The first-order valence-electron chi connectivity index (χ1n) is 6.67. The lowest BCUT2D eigenvalue weighted by Gasteiger charge is -2.41. The molecule has 1 aliphatic rings. The van der Waals surface area contributed by atoms with Crippen molar-refractivity contribution in [3.63, 3.8) is 0 Å². The van der Waals surface area contributed by atoms with Crippen LogP contribution in [0.3, 0.4) is 0 Å². The van der Waals surface area contributed by atoms with Gasteiger partial charge < -0.3 is 10.5 Å². The summed E-state index contributed by atoms with van der Waals surface area (Å²) in [5, 5.41) is 0. The molecule has 1 saturated heterocycles. The lowest BCUT2D eigenvalue weighted by Crippen LogP contribution is -2.48. The number of nitrogens with zero attached hydrogens (tertiary/aromatic N) is 1. The predicted molar refractivity (Wildman–Crippen MR) is 69.8 cm³/mol. The lowest BCUT2D eigenvalue weighted by molar-refractivity contribution is -0.0677. The fourth-order valence-corrected chi connectivity index (χ4v) is 2.69. The summed E-state index contributed by atoms with van der Waals surface area (Å²) in [7, 11) is 0. The second-order valence-corrected chi connectivity index (χ2v) is 4.83. The lowest BCUT2D eigenvalue weighted by atomic mass is 9.97. The van der Waals surface area contributed by atoms with Crippen LogP contribution in [0.15, 0.2) is 18.2 Å². The van der Waals surface area contributed by atoms with E-state index in [1.54, 1.807) is 0 Å². The van der Waals surface area contributed by atoms with Crippen molar-refractivity contribution in [3.05, 3.63) is 35.4 Å². The van der Waals surface area contributed by atoms with Crippen molar-refractivity contribution < 1.29 is 13.5 Å². The van der Waals surface area contributed by atoms with E-state index in [1.807, 2.05) is 0 Å². The molecule has 2 atom stereocenters. The Morgan fingerprint density at radius 3 is 2.58 bits per heavy atom. The number of hydrogen-bond acceptors (Lipinski definition) is 3. The summed E-state index contributed by atoms with van der Waals surface area (Å²) in [6.45, 7) is 4.64. The third kappa shape index (κ3) is 3.29. The van der Waals surface area contributed by atoms with E-state index >= 15 is 0 Å². The average Bonchev–Trinajstić information content (AvgIpc) is 2.37. The highest BCUT2D eigenvalue weighted by Crippen LogP contribution is 2.30. The van der Waals surface area contributed by atoms with Gasteiger partial charge in [-0.25, -0.2) is 8.78 Å². The second-order valence-electron chi connectivity index (χ2n) is 4.83. The Kier molecular flexibility index (Phi) is 4.85. The highest BCUT2D eigenvalue weighted by atomic mass is 19.1. The maximum Gasteiger partial charge on any atom is 0.126 e. The summed E-state index contributed by atoms with van der Waals surface area (Å²) in [4.78, 5) is 2.19. The monoisotopic (exact) mass is 270 g/mol. The van der Waals surface area contributed by atoms with E-state index in [2.05, 4.69) is 11.8 Å². The SMILES string of the molecule is CCCN1CCOC(CN)C1c1cc(F)cc(F)c1. The zero-order valence-corrected chi connectivity index (χ0v) is 11.1. The Bertz CT molecular complexity index is 406. The van der Waals surface area contributed by atoms with Gasteiger partial charge in [0.2, 0.25) is 0 Å². The van der Waals surface area contributed by atoms with Crippen LogP contribution in [0.2, 0.25) is 0 Å². The van der Waals surface area contributed by atoms with E-state index in [-0.39, 0.29) is 12.1 Å². The molecule has 0 bridgehead atoms. The van der Waals surface area contributed by atoms with E-state index in [4.69, 9.17) is 10.5 Å². The number of morpholine rings is 1. The van der Waals surface area contributed by atoms with Gasteiger partial charge in [0.25, 0.3) is 0 Å². The Balaban J connectivity index is 2.33. The highest BCUT2D eigenvalue weighted by Gasteiger charge is 2.32. The fraction of sp³-hybridized carbons (Fsp3) is 0.571. The predicted octanol–water partition coefficient (Wildman–Crippen LogP) is 2.08. The summed E-state index contributed by atoms with van der Waals surface area (Å²) < 4.78 is 32.4. The second kappa shape index (κ2) is 6.41. The molecule has 0 radical (unpaired) electrons. The maximum atomic E-state index is 13.4. The molecule has 2 N–H and O–H groups in total. The molecule has 0 saturated carbocycles. The minimum Gasteiger partial charge on any atom is -0.374 e. The Labute approximate surface area is 112 Å². The molecule has 19 heavy (non-hydrogen) atoms. The molecule has 0 aromatic heterocycles. The van der Waals surface area contributed by atoms with Crippen LogP contribution in [-0.4, -0.2) is 37.2 Å². The third-order valence-corrected chi connectivity index (χ3v) is 3.43. The van der Waals surface area contributed by atoms with Gasteiger partial charge in [-0.15, -0.1) is 0 Å². The molecular weight excluding hydrogens is 250 g/mol. The van der Waals surface area contributed by atoms with E-state index in [0.717, 1.165) is 25.6 Å². The molecule has 0 amide bonds. The highest BCUT2D eigenvalue weighted by molar-refractivity contribution is 5.23. The first-order valence-corrected chi connectivity index (χ1v) is 6.67. The number of ether oxygens (including phenoxy) is 1. The Hall–Kier alpha value is -1.04. The van der Waals surface area contributed by atoms with Crippen molar-refractivity contribution in [2.45, 2.75) is 25.5 Å². The van der Waals surface area contributed by atoms with Crippen molar-refractivity contribution in [2.24, 2.45) is 5.73 Å². The van der Waals surface area contributed by atoms with Crippen molar-refractivity contribution >= 4 is 0 Å². The van der Waals surface area contributed by atoms with Crippen molar-refractivity contribution in [2.75, 3.05) is 26.2 Å². The van der Waals surface area contributed by atoms with E-state index in [9.17, 15) is 8.78 Å². The van der Waals surface area contributed by atoms with E-state index < -0.39 is 11.6 Å². The van der Waals surface area contributed by atoms with Crippen molar-refractivity contribution in [1.29, 1.82) is 0 Å². The van der Waals surface area contributed by atoms with Gasteiger partial charge in [0.05, 0.1) is 18.8 Å². The van der Waals surface area contributed by atoms with Gasteiger partial charge in [-0.2, -0.15) is 0 Å². The molecule has 0 spiro atoms. The van der Waals surface area contributed by atoms with E-state index in [0.29, 0.717) is 18.7 Å². The number of hydrogen-bond donors (Lipinski definition) is 1. The quantitative estimate of drug-likeness (QED) is 0.910. The van der Waals surface area contributed by atoms with Gasteiger partial charge in [-0.3, -0.25) is 4.90 Å². The van der Waals surface area contributed by atoms with Crippen LogP contribution >= 0.6 is 0 Å². The third-order valence-electron chi connectivity index (χ3n) is 3.43. The van der Waals surface area contributed by atoms with E-state index in [1.165, 1.54) is 12.1 Å². The molecule has 2 rings (SSSR count). The van der Waals surface area contributed by atoms with Gasteiger partial charge >= 0.3 is 0 Å². The Morgan fingerprint density at radius 1 is 1.32 bits per heavy atom. The minimum atomic E-state index is -0.562. The average molecular weight is 270 g/mol. The number of benzene rings is 1. The van der Waals surface area contributed by atoms with Crippen LogP contribution < -0.4 is 5.73 Å². The molecule has 1 heterocycles. The maximum absolute atomic E-state index is 13.4. The van der Waals surface area contributed by atoms with Crippen LogP contribution in [0, 0.1) is 11.6 Å². The molecule has 1 fully saturated rings. The standard InChI is InChI=1S/C14H20F2N2O/c1-2-3-18-4-5-19-13(9-17)14(18)10-6-11(15)8-12(16)7-10/h6-8,13-14H,2-5,9,17H2,1H3. The normalized spacial score (nSPS) is 24.6. The Morgan fingerprint density at radius 2 is 2.00 bits per heavy atom. The summed E-state index contributed by atoms with van der Waals surface area (Å²) in [5.74, 6) is -1.12. The fourth-order valence-electron chi connectivity index (χ4n) is 2.69. The zero-order chi connectivity index (χ0) is 13.8. The van der Waals surface area contributed by atoms with Crippen LogP contribution in [0.5, 0.6) is 0 Å². The molecule has 1 aliphatic heterocycles. The first-order chi connectivity index (χ1) is 9.15. The number of rotatable bonds is 4. The molecule has 1 aromatic carbocycles. The summed E-state index contributed by atoms with van der Waals surface area (Å²) in [6.07, 6.45) is 0.757. The summed E-state index contributed by atoms with van der Waals surface area (Å²) in [6, 6.07) is 3.44. The molecule has 2 unspecified atom stereocenters. The molecule has 106 valence electrons. The first kappa shape index (κ1) is 14.4. The van der Waals surface area contributed by atoms with Crippen LogP contribution in [0.25, 0.3) is 0 Å². The van der Waals surface area contributed by atoms with Gasteiger partial charge in [-0.1, -0.05) is 6.92 Å². The van der Waals surface area contributed by atoms with Crippen LogP contribution in [0.1, 0.15) is 24.9 Å². The molecule has 3 nitrogen and oxygen atoms in total.